The molecule has 42 heavy (non-hydrogen) atoms. The zero-order valence-corrected chi connectivity index (χ0v) is 22.9. The number of ether oxygens (including phenoxy) is 1. The maximum absolute atomic E-state index is 13.6. The summed E-state index contributed by atoms with van der Waals surface area (Å²) in [5.41, 5.74) is 1.86. The van der Waals surface area contributed by atoms with Crippen molar-refractivity contribution < 1.29 is 19.1 Å². The Morgan fingerprint density at radius 3 is 2.31 bits per heavy atom. The highest BCUT2D eigenvalue weighted by atomic mass is 16.5. The second kappa shape index (κ2) is 13.3. The van der Waals surface area contributed by atoms with Gasteiger partial charge in [0.1, 0.15) is 17.6 Å². The number of carbonyl (C=O) groups excluding carboxylic acids is 3. The molecule has 14 nitrogen and oxygen atoms in total. The van der Waals surface area contributed by atoms with E-state index in [0.717, 1.165) is 11.1 Å². The SMILES string of the molecule is COC(=O)N1CCN(C(=O)C(Cc2nn[nH]n2)NC(=O)c2cc(NCc3ccccc3)nc(-c3ccccc3)n2)CC1. The van der Waals surface area contributed by atoms with Gasteiger partial charge in [-0.05, 0) is 5.56 Å². The second-order valence-electron chi connectivity index (χ2n) is 9.51. The van der Waals surface area contributed by atoms with Gasteiger partial charge in [-0.15, -0.1) is 10.2 Å². The van der Waals surface area contributed by atoms with Crippen LogP contribution in [0.4, 0.5) is 10.6 Å². The van der Waals surface area contributed by atoms with Crippen molar-refractivity contribution in [3.05, 3.63) is 83.8 Å². The van der Waals surface area contributed by atoms with Crippen molar-refractivity contribution in [1.29, 1.82) is 0 Å². The van der Waals surface area contributed by atoms with Gasteiger partial charge < -0.3 is 25.2 Å². The van der Waals surface area contributed by atoms with E-state index in [0.29, 0.717) is 31.3 Å². The number of hydrogen-bond donors (Lipinski definition) is 3. The number of aromatic nitrogens is 6. The van der Waals surface area contributed by atoms with Crippen molar-refractivity contribution in [3.63, 3.8) is 0 Å². The quantitative estimate of drug-likeness (QED) is 0.268. The first kappa shape index (κ1) is 28.1. The molecular formula is C28H30N10O4. The zero-order chi connectivity index (χ0) is 29.3. The number of methoxy groups -OCH3 is 1. The van der Waals surface area contributed by atoms with Gasteiger partial charge in [-0.25, -0.2) is 14.8 Å². The molecule has 0 bridgehead atoms. The van der Waals surface area contributed by atoms with Crippen LogP contribution in [0.1, 0.15) is 21.9 Å². The number of hydrogen-bond acceptors (Lipinski definition) is 10. The summed E-state index contributed by atoms with van der Waals surface area (Å²) in [6.07, 6.45) is -0.443. The summed E-state index contributed by atoms with van der Waals surface area (Å²) in [5.74, 6) is 0.182. The van der Waals surface area contributed by atoms with E-state index in [1.165, 1.54) is 12.0 Å². The summed E-state index contributed by atoms with van der Waals surface area (Å²) in [6, 6.07) is 19.7. The average molecular weight is 571 g/mol. The van der Waals surface area contributed by atoms with Crippen LogP contribution in [0.3, 0.4) is 0 Å². The molecular weight excluding hydrogens is 540 g/mol. The number of amides is 3. The van der Waals surface area contributed by atoms with Gasteiger partial charge in [-0.3, -0.25) is 9.59 Å². The molecule has 3 N–H and O–H groups in total. The van der Waals surface area contributed by atoms with Gasteiger partial charge in [-0.1, -0.05) is 65.9 Å². The molecule has 5 rings (SSSR count). The maximum Gasteiger partial charge on any atom is 0.409 e. The zero-order valence-electron chi connectivity index (χ0n) is 22.9. The van der Waals surface area contributed by atoms with Crippen LogP contribution < -0.4 is 10.6 Å². The first-order chi connectivity index (χ1) is 20.5. The number of H-pyrrole nitrogens is 1. The van der Waals surface area contributed by atoms with Crippen LogP contribution in [-0.2, 0) is 22.5 Å². The monoisotopic (exact) mass is 570 g/mol. The Morgan fingerprint density at radius 1 is 0.952 bits per heavy atom. The van der Waals surface area contributed by atoms with Crippen LogP contribution in [0.2, 0.25) is 0 Å². The normalized spacial score (nSPS) is 13.7. The van der Waals surface area contributed by atoms with Gasteiger partial charge in [0.15, 0.2) is 11.6 Å². The van der Waals surface area contributed by atoms with Crippen molar-refractivity contribution in [2.45, 2.75) is 19.0 Å². The topological polar surface area (TPSA) is 171 Å². The smallest absolute Gasteiger partial charge is 0.409 e. The van der Waals surface area contributed by atoms with Crippen LogP contribution in [0.5, 0.6) is 0 Å². The van der Waals surface area contributed by atoms with Gasteiger partial charge in [0.05, 0.1) is 7.11 Å². The molecule has 1 fully saturated rings. The van der Waals surface area contributed by atoms with E-state index in [9.17, 15) is 14.4 Å². The third-order valence-electron chi connectivity index (χ3n) is 6.71. The summed E-state index contributed by atoms with van der Waals surface area (Å²) in [7, 11) is 1.31. The lowest BCUT2D eigenvalue weighted by molar-refractivity contribution is -0.134. The van der Waals surface area contributed by atoms with E-state index in [1.54, 1.807) is 11.0 Å². The molecule has 0 saturated carbocycles. The van der Waals surface area contributed by atoms with Gasteiger partial charge >= 0.3 is 6.09 Å². The number of nitrogens with zero attached hydrogens (tertiary/aromatic N) is 7. The predicted octanol–water partition coefficient (Wildman–Crippen LogP) is 1.52. The number of benzene rings is 2. The average Bonchev–Trinajstić information content (AvgIpc) is 3.57. The second-order valence-corrected chi connectivity index (χ2v) is 9.51. The van der Waals surface area contributed by atoms with E-state index in [1.807, 2.05) is 60.7 Å². The Labute approximate surface area is 241 Å². The van der Waals surface area contributed by atoms with Gasteiger partial charge in [0, 0.05) is 50.8 Å². The lowest BCUT2D eigenvalue weighted by atomic mass is 10.1. The third-order valence-corrected chi connectivity index (χ3v) is 6.71. The minimum Gasteiger partial charge on any atom is -0.453 e. The Kier molecular flexibility index (Phi) is 8.91. The van der Waals surface area contributed by atoms with Gasteiger partial charge in [-0.2, -0.15) is 5.21 Å². The minimum atomic E-state index is -1.00. The molecule has 1 aliphatic heterocycles. The number of aromatic amines is 1. The summed E-state index contributed by atoms with van der Waals surface area (Å²) in [5, 5.41) is 19.9. The minimum absolute atomic E-state index is 0.00797. The lowest BCUT2D eigenvalue weighted by Crippen LogP contribution is -2.56. The molecule has 3 heterocycles. The Hall–Kier alpha value is -5.40. The number of carbonyl (C=O) groups is 3. The highest BCUT2D eigenvalue weighted by Gasteiger charge is 2.32. The molecule has 4 aromatic rings. The molecule has 1 aliphatic rings. The lowest BCUT2D eigenvalue weighted by Gasteiger charge is -2.35. The number of nitrogens with one attached hydrogen (secondary N) is 3. The van der Waals surface area contributed by atoms with Crippen molar-refractivity contribution >= 4 is 23.7 Å². The van der Waals surface area contributed by atoms with Gasteiger partial charge in [0.2, 0.25) is 5.91 Å². The van der Waals surface area contributed by atoms with Crippen molar-refractivity contribution in [1.82, 2.24) is 45.7 Å². The van der Waals surface area contributed by atoms with Crippen molar-refractivity contribution in [3.8, 4) is 11.4 Å². The van der Waals surface area contributed by atoms with Crippen molar-refractivity contribution in [2.75, 3.05) is 38.6 Å². The number of anilines is 1. The molecule has 3 amide bonds. The van der Waals surface area contributed by atoms with E-state index in [2.05, 4.69) is 41.2 Å². The van der Waals surface area contributed by atoms with Gasteiger partial charge in [0.25, 0.3) is 5.91 Å². The van der Waals surface area contributed by atoms with Crippen LogP contribution in [0.15, 0.2) is 66.7 Å². The molecule has 2 aromatic heterocycles. The highest BCUT2D eigenvalue weighted by Crippen LogP contribution is 2.19. The number of piperazine rings is 1. The van der Waals surface area contributed by atoms with Crippen molar-refractivity contribution in [2.24, 2.45) is 0 Å². The van der Waals surface area contributed by atoms with E-state index < -0.39 is 18.0 Å². The Balaban J connectivity index is 1.37. The molecule has 0 spiro atoms. The standard InChI is InChI=1S/C28H30N10O4/c1-42-28(41)38-14-12-37(13-15-38)27(40)22(17-24-33-35-36-34-24)31-26(39)21-16-23(29-18-19-8-4-2-5-9-19)32-25(30-21)20-10-6-3-7-11-20/h2-11,16,22H,12-15,17-18H2,1H3,(H,31,39)(H,29,30,32)(H,33,34,35,36). The molecule has 2 aromatic carbocycles. The summed E-state index contributed by atoms with van der Waals surface area (Å²) >= 11 is 0. The molecule has 0 radical (unpaired) electrons. The van der Waals surface area contributed by atoms with Crippen LogP contribution in [0.25, 0.3) is 11.4 Å². The molecule has 0 aliphatic carbocycles. The molecule has 1 atom stereocenters. The highest BCUT2D eigenvalue weighted by molar-refractivity contribution is 5.97. The first-order valence-electron chi connectivity index (χ1n) is 13.4. The maximum atomic E-state index is 13.6. The molecule has 216 valence electrons. The van der Waals surface area contributed by atoms with E-state index in [4.69, 9.17) is 4.74 Å². The van der Waals surface area contributed by atoms with Crippen LogP contribution >= 0.6 is 0 Å². The fraction of sp³-hybridized carbons (Fsp3) is 0.286. The van der Waals surface area contributed by atoms with E-state index >= 15 is 0 Å². The molecule has 1 unspecified atom stereocenters. The van der Waals surface area contributed by atoms with Crippen LogP contribution in [-0.4, -0.2) is 97.6 Å². The molecule has 1 saturated heterocycles. The Bertz CT molecular complexity index is 1490. The van der Waals surface area contributed by atoms with E-state index in [-0.39, 0.29) is 36.9 Å². The predicted molar refractivity (Wildman–Crippen MR) is 151 cm³/mol. The summed E-state index contributed by atoms with van der Waals surface area (Å²) in [4.78, 5) is 51.4. The third kappa shape index (κ3) is 7.02. The summed E-state index contributed by atoms with van der Waals surface area (Å²) < 4.78 is 4.78. The largest absolute Gasteiger partial charge is 0.453 e. The van der Waals surface area contributed by atoms with Crippen LogP contribution in [0, 0.1) is 0 Å². The number of rotatable bonds is 9. The Morgan fingerprint density at radius 2 is 1.64 bits per heavy atom. The first-order valence-corrected chi connectivity index (χ1v) is 13.4. The number of tetrazole rings is 1. The fourth-order valence-corrected chi connectivity index (χ4v) is 4.50. The summed E-state index contributed by atoms with van der Waals surface area (Å²) in [6.45, 7) is 1.68. The fourth-order valence-electron chi connectivity index (χ4n) is 4.50. The molecule has 14 heteroatoms.